The van der Waals surface area contributed by atoms with Crippen LogP contribution in [0.2, 0.25) is 0 Å². The van der Waals surface area contributed by atoms with Gasteiger partial charge in [0, 0.05) is 6.16 Å². The molecule has 0 heterocycles. The summed E-state index contributed by atoms with van der Waals surface area (Å²) in [6.07, 6.45) is 14.0. The zero-order chi connectivity index (χ0) is 12.8. The first-order chi connectivity index (χ1) is 8.31. The Morgan fingerprint density at radius 2 is 1.24 bits per heavy atom. The van der Waals surface area contributed by atoms with Crippen LogP contribution in [0.5, 0.6) is 0 Å². The van der Waals surface area contributed by atoms with Crippen molar-refractivity contribution < 1.29 is 9.09 Å². The molecule has 0 fully saturated rings. The van der Waals surface area contributed by atoms with Crippen molar-refractivity contribution in [2.75, 3.05) is 12.8 Å². The van der Waals surface area contributed by atoms with Gasteiger partial charge in [-0.05, 0) is 13.3 Å². The molecule has 1 radical (unpaired) electrons. The van der Waals surface area contributed by atoms with Gasteiger partial charge in [-0.15, -0.1) is 0 Å². The number of hydrogen-bond donors (Lipinski definition) is 0. The van der Waals surface area contributed by atoms with Gasteiger partial charge < -0.3 is 4.52 Å². The predicted octanol–water partition coefficient (Wildman–Crippen LogP) is 5.69. The molecule has 0 spiro atoms. The predicted molar refractivity (Wildman–Crippen MR) is 75.9 cm³/mol. The second-order valence-electron chi connectivity index (χ2n) is 4.66. The van der Waals surface area contributed by atoms with Crippen LogP contribution < -0.4 is 0 Å². The number of hydrogen-bond acceptors (Lipinski definition) is 2. The second kappa shape index (κ2) is 14.1. The standard InChI is InChI=1S/C14H30O2P/c1-3-5-6-7-8-9-10-11-12-13-14-17(15)16-4-2/h3-14H2,1-2H3. The summed E-state index contributed by atoms with van der Waals surface area (Å²) in [5.41, 5.74) is 0. The smallest absolute Gasteiger partial charge is 0.212 e. The highest BCUT2D eigenvalue weighted by Crippen LogP contribution is 2.23. The molecule has 103 valence electrons. The van der Waals surface area contributed by atoms with Crippen molar-refractivity contribution in [3.8, 4) is 0 Å². The van der Waals surface area contributed by atoms with E-state index in [9.17, 15) is 4.57 Å². The van der Waals surface area contributed by atoms with Gasteiger partial charge in [-0.3, -0.25) is 4.57 Å². The van der Waals surface area contributed by atoms with E-state index < -0.39 is 8.03 Å². The molecule has 0 amide bonds. The molecule has 0 rings (SSSR count). The third-order valence-electron chi connectivity index (χ3n) is 2.97. The molecule has 0 aliphatic carbocycles. The zero-order valence-electron chi connectivity index (χ0n) is 11.7. The monoisotopic (exact) mass is 261 g/mol. The summed E-state index contributed by atoms with van der Waals surface area (Å²) in [7, 11) is -1.37. The maximum Gasteiger partial charge on any atom is 0.212 e. The van der Waals surface area contributed by atoms with Crippen LogP contribution in [-0.2, 0) is 9.09 Å². The Morgan fingerprint density at radius 1 is 0.765 bits per heavy atom. The summed E-state index contributed by atoms with van der Waals surface area (Å²) in [5, 5.41) is 0. The Morgan fingerprint density at radius 3 is 1.71 bits per heavy atom. The summed E-state index contributed by atoms with van der Waals surface area (Å²) < 4.78 is 16.2. The van der Waals surface area contributed by atoms with E-state index in [0.717, 1.165) is 12.6 Å². The molecule has 17 heavy (non-hydrogen) atoms. The van der Waals surface area contributed by atoms with Crippen molar-refractivity contribution in [2.24, 2.45) is 0 Å². The van der Waals surface area contributed by atoms with Crippen LogP contribution in [0.25, 0.3) is 0 Å². The Balaban J connectivity index is 3.01. The average molecular weight is 261 g/mol. The van der Waals surface area contributed by atoms with Gasteiger partial charge in [-0.25, -0.2) is 0 Å². The van der Waals surface area contributed by atoms with Crippen molar-refractivity contribution in [3.63, 3.8) is 0 Å². The average Bonchev–Trinajstić information content (AvgIpc) is 2.32. The molecule has 3 heteroatoms. The van der Waals surface area contributed by atoms with E-state index in [-0.39, 0.29) is 0 Å². The van der Waals surface area contributed by atoms with Gasteiger partial charge in [0.1, 0.15) is 0 Å². The normalized spacial score (nSPS) is 11.8. The fraction of sp³-hybridized carbons (Fsp3) is 1.00. The second-order valence-corrected chi connectivity index (χ2v) is 6.03. The van der Waals surface area contributed by atoms with E-state index >= 15 is 0 Å². The van der Waals surface area contributed by atoms with E-state index in [1.807, 2.05) is 6.92 Å². The van der Waals surface area contributed by atoms with Crippen LogP contribution in [0, 0.1) is 0 Å². The lowest BCUT2D eigenvalue weighted by molar-refractivity contribution is 0.349. The van der Waals surface area contributed by atoms with Crippen molar-refractivity contribution >= 4 is 8.03 Å². The first kappa shape index (κ1) is 17.1. The lowest BCUT2D eigenvalue weighted by Gasteiger charge is -2.02. The van der Waals surface area contributed by atoms with Gasteiger partial charge in [0.25, 0.3) is 0 Å². The van der Waals surface area contributed by atoms with Crippen molar-refractivity contribution in [3.05, 3.63) is 0 Å². The molecule has 0 bridgehead atoms. The largest absolute Gasteiger partial charge is 0.304 e. The Kier molecular flexibility index (Phi) is 14.2. The maximum atomic E-state index is 11.2. The summed E-state index contributed by atoms with van der Waals surface area (Å²) in [6, 6.07) is 0. The Bertz CT molecular complexity index is 172. The molecule has 1 unspecified atom stereocenters. The summed E-state index contributed by atoms with van der Waals surface area (Å²) >= 11 is 0. The quantitative estimate of drug-likeness (QED) is 0.314. The molecule has 0 saturated heterocycles. The third kappa shape index (κ3) is 14.0. The first-order valence-electron chi connectivity index (χ1n) is 7.38. The van der Waals surface area contributed by atoms with Crippen LogP contribution in [-0.4, -0.2) is 12.8 Å². The molecule has 0 aromatic heterocycles. The van der Waals surface area contributed by atoms with Crippen LogP contribution in [0.4, 0.5) is 0 Å². The highest BCUT2D eigenvalue weighted by atomic mass is 31.1. The van der Waals surface area contributed by atoms with Crippen molar-refractivity contribution in [1.82, 2.24) is 0 Å². The zero-order valence-corrected chi connectivity index (χ0v) is 12.6. The lowest BCUT2D eigenvalue weighted by Crippen LogP contribution is -1.86. The Hall–Kier alpha value is 0.0600. The van der Waals surface area contributed by atoms with Gasteiger partial charge in [-0.2, -0.15) is 0 Å². The highest BCUT2D eigenvalue weighted by Gasteiger charge is 1.99. The summed E-state index contributed by atoms with van der Waals surface area (Å²) in [5.74, 6) is 0. The van der Waals surface area contributed by atoms with Crippen molar-refractivity contribution in [1.29, 1.82) is 0 Å². The first-order valence-corrected chi connectivity index (χ1v) is 8.75. The maximum absolute atomic E-state index is 11.2. The molecular weight excluding hydrogens is 231 g/mol. The number of unbranched alkanes of at least 4 members (excludes halogenated alkanes) is 9. The van der Waals surface area contributed by atoms with Gasteiger partial charge >= 0.3 is 0 Å². The van der Waals surface area contributed by atoms with Crippen LogP contribution >= 0.6 is 8.03 Å². The van der Waals surface area contributed by atoms with E-state index in [0.29, 0.717) is 6.61 Å². The molecule has 0 aliphatic heterocycles. The minimum atomic E-state index is -1.37. The molecular formula is C14H30O2P. The molecule has 2 nitrogen and oxygen atoms in total. The highest BCUT2D eigenvalue weighted by molar-refractivity contribution is 7.39. The molecule has 1 atom stereocenters. The van der Waals surface area contributed by atoms with Crippen LogP contribution in [0.3, 0.4) is 0 Å². The minimum absolute atomic E-state index is 0.576. The lowest BCUT2D eigenvalue weighted by atomic mass is 10.1. The van der Waals surface area contributed by atoms with Gasteiger partial charge in [-0.1, -0.05) is 64.7 Å². The topological polar surface area (TPSA) is 26.3 Å². The molecule has 0 N–H and O–H groups in total. The third-order valence-corrected chi connectivity index (χ3v) is 4.19. The van der Waals surface area contributed by atoms with E-state index in [2.05, 4.69) is 6.92 Å². The SMILES string of the molecule is CCCCCCCCCCCC[P](=O)OCC. The molecule has 0 aromatic rings. The summed E-state index contributed by atoms with van der Waals surface area (Å²) in [4.78, 5) is 0. The van der Waals surface area contributed by atoms with Crippen molar-refractivity contribution in [2.45, 2.75) is 78.1 Å². The number of rotatable bonds is 13. The van der Waals surface area contributed by atoms with Crippen LogP contribution in [0.1, 0.15) is 78.1 Å². The Labute approximate surface area is 108 Å². The fourth-order valence-electron chi connectivity index (χ4n) is 1.94. The van der Waals surface area contributed by atoms with Crippen LogP contribution in [0.15, 0.2) is 0 Å². The van der Waals surface area contributed by atoms with E-state index in [1.54, 1.807) is 0 Å². The van der Waals surface area contributed by atoms with E-state index in [4.69, 9.17) is 4.52 Å². The fourth-order valence-corrected chi connectivity index (χ4v) is 2.84. The molecule has 0 saturated carbocycles. The molecule has 0 aliphatic rings. The van der Waals surface area contributed by atoms with Gasteiger partial charge in [0.05, 0.1) is 6.61 Å². The minimum Gasteiger partial charge on any atom is -0.304 e. The summed E-state index contributed by atoms with van der Waals surface area (Å²) in [6.45, 7) is 4.73. The molecule has 0 aromatic carbocycles. The van der Waals surface area contributed by atoms with Gasteiger partial charge in [0.2, 0.25) is 8.03 Å². The van der Waals surface area contributed by atoms with E-state index in [1.165, 1.54) is 57.8 Å². The van der Waals surface area contributed by atoms with Gasteiger partial charge in [0.15, 0.2) is 0 Å².